The van der Waals surface area contributed by atoms with E-state index in [9.17, 15) is 9.18 Å². The number of benzene rings is 1. The number of hydrogen-bond donors (Lipinski definition) is 1. The second-order valence-electron chi connectivity index (χ2n) is 6.95. The van der Waals surface area contributed by atoms with E-state index in [1.54, 1.807) is 0 Å². The molecule has 3 nitrogen and oxygen atoms in total. The van der Waals surface area contributed by atoms with Crippen LogP contribution in [0.4, 0.5) is 4.39 Å². The van der Waals surface area contributed by atoms with Crippen LogP contribution in [0, 0.1) is 17.2 Å². The number of ether oxygens (including phenoxy) is 1. The summed E-state index contributed by atoms with van der Waals surface area (Å²) in [7, 11) is 0. The van der Waals surface area contributed by atoms with E-state index in [1.165, 1.54) is 24.6 Å². The predicted molar refractivity (Wildman–Crippen MR) is 78.7 cm³/mol. The van der Waals surface area contributed by atoms with Crippen LogP contribution in [0.25, 0.3) is 0 Å². The van der Waals surface area contributed by atoms with E-state index in [0.29, 0.717) is 11.5 Å². The first-order valence-corrected chi connectivity index (χ1v) is 7.40. The lowest BCUT2D eigenvalue weighted by atomic mass is 9.71. The van der Waals surface area contributed by atoms with Gasteiger partial charge in [0.2, 0.25) is 0 Å². The summed E-state index contributed by atoms with van der Waals surface area (Å²) in [5, 5.41) is 9.14. The maximum atomic E-state index is 13.3. The van der Waals surface area contributed by atoms with Crippen molar-refractivity contribution < 1.29 is 19.0 Å². The van der Waals surface area contributed by atoms with Crippen LogP contribution < -0.4 is 0 Å². The van der Waals surface area contributed by atoms with Gasteiger partial charge in [0.25, 0.3) is 0 Å². The van der Waals surface area contributed by atoms with Crippen molar-refractivity contribution in [2.75, 3.05) is 0 Å². The first kappa shape index (κ1) is 16.0. The van der Waals surface area contributed by atoms with Gasteiger partial charge in [0.05, 0.1) is 18.3 Å². The zero-order valence-corrected chi connectivity index (χ0v) is 12.9. The first-order valence-electron chi connectivity index (χ1n) is 7.40. The minimum absolute atomic E-state index is 0.105. The van der Waals surface area contributed by atoms with Gasteiger partial charge in [-0.05, 0) is 54.4 Å². The van der Waals surface area contributed by atoms with Gasteiger partial charge in [0.15, 0.2) is 0 Å². The molecule has 0 radical (unpaired) electrons. The Bertz CT molecular complexity index is 525. The second kappa shape index (κ2) is 6.14. The van der Waals surface area contributed by atoms with Crippen LogP contribution in [0.1, 0.15) is 56.0 Å². The predicted octanol–water partition coefficient (Wildman–Crippen LogP) is 4.26. The zero-order chi connectivity index (χ0) is 15.6. The lowest BCUT2D eigenvalue weighted by Crippen LogP contribution is -2.32. The molecule has 0 aliphatic heterocycles. The molecule has 1 N–H and O–H groups in total. The summed E-state index contributed by atoms with van der Waals surface area (Å²) in [6.07, 6.45) is 3.21. The van der Waals surface area contributed by atoms with Crippen LogP contribution in [0.2, 0.25) is 0 Å². The van der Waals surface area contributed by atoms with Gasteiger partial charge in [-0.2, -0.15) is 0 Å². The minimum atomic E-state index is -1.05. The summed E-state index contributed by atoms with van der Waals surface area (Å²) in [6.45, 7) is 6.81. The third kappa shape index (κ3) is 4.27. The fourth-order valence-corrected chi connectivity index (χ4v) is 3.48. The number of carboxylic acids is 1. The quantitative estimate of drug-likeness (QED) is 0.902. The number of rotatable bonds is 4. The SMILES string of the molecule is CC1CC(OCc2cc(F)ccc2C(=O)O)CC(C)(C)C1. The smallest absolute Gasteiger partial charge is 0.336 e. The molecule has 0 heterocycles. The average Bonchev–Trinajstić information content (AvgIpc) is 2.33. The van der Waals surface area contributed by atoms with Gasteiger partial charge in [-0.1, -0.05) is 20.8 Å². The van der Waals surface area contributed by atoms with Crippen molar-refractivity contribution in [1.29, 1.82) is 0 Å². The molecular weight excluding hydrogens is 271 g/mol. The van der Waals surface area contributed by atoms with Gasteiger partial charge in [-0.25, -0.2) is 9.18 Å². The van der Waals surface area contributed by atoms with Gasteiger partial charge in [-0.15, -0.1) is 0 Å². The molecule has 116 valence electrons. The third-order valence-electron chi connectivity index (χ3n) is 4.12. The molecule has 2 rings (SSSR count). The van der Waals surface area contributed by atoms with Crippen LogP contribution in [0.15, 0.2) is 18.2 Å². The lowest BCUT2D eigenvalue weighted by molar-refractivity contribution is -0.0319. The summed E-state index contributed by atoms with van der Waals surface area (Å²) in [4.78, 5) is 11.2. The Morgan fingerprint density at radius 2 is 2.14 bits per heavy atom. The van der Waals surface area contributed by atoms with Crippen LogP contribution in [-0.2, 0) is 11.3 Å². The Hall–Kier alpha value is -1.42. The molecule has 21 heavy (non-hydrogen) atoms. The Morgan fingerprint density at radius 3 is 2.76 bits per heavy atom. The Labute approximate surface area is 125 Å². The highest BCUT2D eigenvalue weighted by Gasteiger charge is 2.32. The molecule has 0 saturated heterocycles. The van der Waals surface area contributed by atoms with Crippen molar-refractivity contribution >= 4 is 5.97 Å². The van der Waals surface area contributed by atoms with Crippen molar-refractivity contribution in [2.24, 2.45) is 11.3 Å². The molecule has 0 amide bonds. The summed E-state index contributed by atoms with van der Waals surface area (Å²) in [5.41, 5.74) is 0.748. The maximum Gasteiger partial charge on any atom is 0.336 e. The van der Waals surface area contributed by atoms with Crippen LogP contribution >= 0.6 is 0 Å². The van der Waals surface area contributed by atoms with Gasteiger partial charge in [0, 0.05) is 0 Å². The van der Waals surface area contributed by atoms with Crippen LogP contribution in [0.3, 0.4) is 0 Å². The van der Waals surface area contributed by atoms with E-state index < -0.39 is 11.8 Å². The van der Waals surface area contributed by atoms with Crippen molar-refractivity contribution in [1.82, 2.24) is 0 Å². The van der Waals surface area contributed by atoms with E-state index >= 15 is 0 Å². The molecule has 4 heteroatoms. The molecule has 0 bridgehead atoms. The number of hydrogen-bond acceptors (Lipinski definition) is 2. The van der Waals surface area contributed by atoms with Crippen molar-refractivity contribution in [3.05, 3.63) is 35.1 Å². The van der Waals surface area contributed by atoms with Gasteiger partial charge >= 0.3 is 5.97 Å². The molecular formula is C17H23FO3. The van der Waals surface area contributed by atoms with Crippen LogP contribution in [0.5, 0.6) is 0 Å². The third-order valence-corrected chi connectivity index (χ3v) is 4.12. The Balaban J connectivity index is 2.06. The molecule has 2 atom stereocenters. The monoisotopic (exact) mass is 294 g/mol. The van der Waals surface area contributed by atoms with E-state index in [-0.39, 0.29) is 23.7 Å². The summed E-state index contributed by atoms with van der Waals surface area (Å²) in [6, 6.07) is 3.71. The molecule has 1 aliphatic rings. The summed E-state index contributed by atoms with van der Waals surface area (Å²) < 4.78 is 19.2. The van der Waals surface area contributed by atoms with E-state index in [2.05, 4.69) is 20.8 Å². The molecule has 1 aromatic carbocycles. The molecule has 0 spiro atoms. The molecule has 0 aromatic heterocycles. The van der Waals surface area contributed by atoms with E-state index in [4.69, 9.17) is 9.84 Å². The number of aromatic carboxylic acids is 1. The van der Waals surface area contributed by atoms with E-state index in [1.807, 2.05) is 0 Å². The fourth-order valence-electron chi connectivity index (χ4n) is 3.48. The highest BCUT2D eigenvalue weighted by atomic mass is 19.1. The normalized spacial score (nSPS) is 24.8. The minimum Gasteiger partial charge on any atom is -0.478 e. The number of carbonyl (C=O) groups is 1. The Kier molecular flexibility index (Phi) is 4.67. The van der Waals surface area contributed by atoms with Gasteiger partial charge in [0.1, 0.15) is 5.82 Å². The zero-order valence-electron chi connectivity index (χ0n) is 12.9. The highest BCUT2D eigenvalue weighted by Crippen LogP contribution is 2.39. The first-order chi connectivity index (χ1) is 9.77. The summed E-state index contributed by atoms with van der Waals surface area (Å²) in [5.74, 6) is -0.896. The number of halogens is 1. The molecule has 1 fully saturated rings. The van der Waals surface area contributed by atoms with Crippen LogP contribution in [-0.4, -0.2) is 17.2 Å². The topological polar surface area (TPSA) is 46.5 Å². The second-order valence-corrected chi connectivity index (χ2v) is 6.95. The maximum absolute atomic E-state index is 13.3. The molecule has 2 unspecified atom stereocenters. The van der Waals surface area contributed by atoms with Gasteiger partial charge < -0.3 is 9.84 Å². The molecule has 1 saturated carbocycles. The molecule has 1 aliphatic carbocycles. The summed E-state index contributed by atoms with van der Waals surface area (Å²) >= 11 is 0. The van der Waals surface area contributed by atoms with Crippen molar-refractivity contribution in [3.63, 3.8) is 0 Å². The average molecular weight is 294 g/mol. The molecule has 1 aromatic rings. The van der Waals surface area contributed by atoms with Gasteiger partial charge in [-0.3, -0.25) is 0 Å². The van der Waals surface area contributed by atoms with Crippen molar-refractivity contribution in [3.8, 4) is 0 Å². The highest BCUT2D eigenvalue weighted by molar-refractivity contribution is 5.89. The largest absolute Gasteiger partial charge is 0.478 e. The number of carboxylic acid groups (broad SMARTS) is 1. The fraction of sp³-hybridized carbons (Fsp3) is 0.588. The van der Waals surface area contributed by atoms with E-state index in [0.717, 1.165) is 12.8 Å². The lowest BCUT2D eigenvalue weighted by Gasteiger charge is -2.38. The van der Waals surface area contributed by atoms with Crippen molar-refractivity contribution in [2.45, 2.75) is 52.7 Å². The Morgan fingerprint density at radius 1 is 1.43 bits per heavy atom. The standard InChI is InChI=1S/C17H23FO3/c1-11-6-14(9-17(2,3)8-11)21-10-12-7-13(18)4-5-15(12)16(19)20/h4-5,7,11,14H,6,8-10H2,1-3H3,(H,19,20).